The normalized spacial score (nSPS) is 23.7. The Labute approximate surface area is 270 Å². The van der Waals surface area contributed by atoms with Crippen LogP contribution in [0, 0.1) is 36.4 Å². The first-order valence-corrected chi connectivity index (χ1v) is 16.3. The zero-order chi connectivity index (χ0) is 33.2. The molecule has 10 nitrogen and oxygen atoms in total. The second-order valence-corrected chi connectivity index (χ2v) is 12.7. The highest BCUT2D eigenvalue weighted by molar-refractivity contribution is 5.92. The molecular weight excluding hydrogens is 587 g/mol. The number of halogens is 1. The van der Waals surface area contributed by atoms with Gasteiger partial charge in [0.05, 0.1) is 25.0 Å². The van der Waals surface area contributed by atoms with Gasteiger partial charge in [-0.3, -0.25) is 14.4 Å². The predicted molar refractivity (Wildman–Crippen MR) is 173 cm³/mol. The number of hydrogen-bond acceptors (Lipinski definition) is 6. The molecule has 1 unspecified atom stereocenters. The molecule has 0 aliphatic carbocycles. The number of aromatic nitrogens is 3. The second kappa shape index (κ2) is 16.3. The summed E-state index contributed by atoms with van der Waals surface area (Å²) in [6, 6.07) is 12.3. The Bertz CT molecular complexity index is 1480. The minimum atomic E-state index is -0.952. The van der Waals surface area contributed by atoms with Crippen molar-refractivity contribution in [3.63, 3.8) is 0 Å². The van der Waals surface area contributed by atoms with Crippen molar-refractivity contribution in [1.29, 1.82) is 0 Å². The second-order valence-electron chi connectivity index (χ2n) is 12.7. The van der Waals surface area contributed by atoms with Crippen LogP contribution in [0.2, 0.25) is 0 Å². The highest BCUT2D eigenvalue weighted by Crippen LogP contribution is 2.30. The summed E-state index contributed by atoms with van der Waals surface area (Å²) in [5.41, 5.74) is 2.46. The molecule has 0 spiro atoms. The summed E-state index contributed by atoms with van der Waals surface area (Å²) >= 11 is 0. The Kier molecular flexibility index (Phi) is 12.3. The van der Waals surface area contributed by atoms with Crippen LogP contribution in [0.4, 0.5) is 4.39 Å². The molecule has 248 valence electrons. The van der Waals surface area contributed by atoms with E-state index >= 15 is 0 Å². The minimum absolute atomic E-state index is 0.0258. The van der Waals surface area contributed by atoms with Crippen molar-refractivity contribution in [3.05, 3.63) is 77.4 Å². The lowest BCUT2D eigenvalue weighted by molar-refractivity contribution is -0.135. The molecule has 0 radical (unpaired) electrons. The zero-order valence-corrected chi connectivity index (χ0v) is 27.5. The van der Waals surface area contributed by atoms with Crippen LogP contribution in [-0.4, -0.2) is 58.0 Å². The Balaban J connectivity index is 1.69. The highest BCUT2D eigenvalue weighted by Gasteiger charge is 2.36. The van der Waals surface area contributed by atoms with E-state index in [1.54, 1.807) is 16.9 Å². The van der Waals surface area contributed by atoms with E-state index in [-0.39, 0.29) is 41.9 Å². The lowest BCUT2D eigenvalue weighted by Crippen LogP contribution is -2.57. The van der Waals surface area contributed by atoms with Gasteiger partial charge < -0.3 is 20.7 Å². The largest absolute Gasteiger partial charge is 0.493 e. The molecule has 0 fully saturated rings. The maximum atomic E-state index is 14.2. The first-order chi connectivity index (χ1) is 22.1. The monoisotopic (exact) mass is 634 g/mol. The summed E-state index contributed by atoms with van der Waals surface area (Å²) in [6.45, 7) is 10.5. The van der Waals surface area contributed by atoms with Crippen molar-refractivity contribution in [2.24, 2.45) is 23.7 Å². The number of rotatable bonds is 6. The Morgan fingerprint density at radius 3 is 2.52 bits per heavy atom. The summed E-state index contributed by atoms with van der Waals surface area (Å²) in [6.07, 6.45) is 3.91. The van der Waals surface area contributed by atoms with E-state index < -0.39 is 23.9 Å². The first-order valence-electron chi connectivity index (χ1n) is 16.3. The average Bonchev–Trinajstić information content (AvgIpc) is 3.43. The fourth-order valence-corrected chi connectivity index (χ4v) is 6.16. The van der Waals surface area contributed by atoms with Crippen molar-refractivity contribution >= 4 is 17.7 Å². The predicted octanol–water partition coefficient (Wildman–Crippen LogP) is 4.01. The molecule has 1 aromatic heterocycles. The molecule has 2 aromatic carbocycles. The van der Waals surface area contributed by atoms with Crippen LogP contribution in [0.25, 0.3) is 0 Å². The van der Waals surface area contributed by atoms with Gasteiger partial charge in [-0.05, 0) is 73.3 Å². The third-order valence-electron chi connectivity index (χ3n) is 8.84. The van der Waals surface area contributed by atoms with Crippen molar-refractivity contribution in [2.75, 3.05) is 13.2 Å². The molecule has 11 heteroatoms. The number of carbonyl (C=O) groups is 3. The zero-order valence-electron chi connectivity index (χ0n) is 27.5. The van der Waals surface area contributed by atoms with E-state index in [1.165, 1.54) is 12.1 Å². The molecule has 1 aliphatic heterocycles. The fraction of sp³-hybridized carbons (Fsp3) is 0.514. The Morgan fingerprint density at radius 1 is 1.04 bits per heavy atom. The summed E-state index contributed by atoms with van der Waals surface area (Å²) in [5.74, 6) is -1.71. The van der Waals surface area contributed by atoms with Gasteiger partial charge in [0, 0.05) is 12.5 Å². The SMILES string of the molecule is CCC1[C@H](Cc2cccc(F)c2)C(=O)N[C@H](C(C)C)C(=O)N[C@@H](Cn2nncc2C)C(=O)NCCCc2ccccc2OC[C@@H]1C. The van der Waals surface area contributed by atoms with Crippen molar-refractivity contribution < 1.29 is 23.5 Å². The molecule has 4 rings (SSSR count). The number of nitrogens with one attached hydrogen (secondary N) is 3. The number of para-hydroxylation sites is 1. The molecule has 3 aromatic rings. The van der Waals surface area contributed by atoms with E-state index in [4.69, 9.17) is 4.74 Å². The van der Waals surface area contributed by atoms with Gasteiger partial charge in [-0.25, -0.2) is 9.07 Å². The molecular formula is C35H47FN6O4. The molecule has 5 atom stereocenters. The number of carbonyl (C=O) groups excluding carboxylic acids is 3. The number of ether oxygens (including phenoxy) is 1. The Morgan fingerprint density at radius 2 is 1.83 bits per heavy atom. The molecule has 1 aliphatic rings. The minimum Gasteiger partial charge on any atom is -0.493 e. The third kappa shape index (κ3) is 9.14. The van der Waals surface area contributed by atoms with Crippen LogP contribution in [0.3, 0.4) is 0 Å². The van der Waals surface area contributed by atoms with Crippen molar-refractivity contribution in [2.45, 2.75) is 78.9 Å². The van der Waals surface area contributed by atoms with Gasteiger partial charge in [-0.15, -0.1) is 5.10 Å². The number of hydrogen-bond donors (Lipinski definition) is 3. The quantitative estimate of drug-likeness (QED) is 0.376. The molecule has 0 saturated heterocycles. The van der Waals surface area contributed by atoms with Crippen LogP contribution in [0.15, 0.2) is 54.7 Å². The van der Waals surface area contributed by atoms with Gasteiger partial charge in [0.25, 0.3) is 0 Å². The number of fused-ring (bicyclic) bond motifs is 1. The molecule has 0 bridgehead atoms. The lowest BCUT2D eigenvalue weighted by atomic mass is 9.77. The molecule has 3 N–H and O–H groups in total. The average molecular weight is 635 g/mol. The van der Waals surface area contributed by atoms with Crippen LogP contribution in [0.1, 0.15) is 57.4 Å². The maximum absolute atomic E-state index is 14.2. The maximum Gasteiger partial charge on any atom is 0.244 e. The summed E-state index contributed by atoms with van der Waals surface area (Å²) in [4.78, 5) is 41.4. The lowest BCUT2D eigenvalue weighted by Gasteiger charge is -2.33. The molecule has 0 saturated carbocycles. The third-order valence-corrected chi connectivity index (χ3v) is 8.84. The van der Waals surface area contributed by atoms with E-state index in [0.717, 1.165) is 17.0 Å². The van der Waals surface area contributed by atoms with Crippen molar-refractivity contribution in [3.8, 4) is 5.75 Å². The number of nitrogens with zero attached hydrogens (tertiary/aromatic N) is 3. The molecule has 3 amide bonds. The van der Waals surface area contributed by atoms with Crippen LogP contribution >= 0.6 is 0 Å². The number of benzene rings is 2. The summed E-state index contributed by atoms with van der Waals surface area (Å²) in [7, 11) is 0. The van der Waals surface area contributed by atoms with Crippen LogP contribution in [0.5, 0.6) is 5.75 Å². The first kappa shape index (κ1) is 34.6. The number of amides is 3. The fourth-order valence-electron chi connectivity index (χ4n) is 6.16. The molecule has 2 heterocycles. The summed E-state index contributed by atoms with van der Waals surface area (Å²) in [5, 5.41) is 16.8. The van der Waals surface area contributed by atoms with Crippen LogP contribution < -0.4 is 20.7 Å². The van der Waals surface area contributed by atoms with Gasteiger partial charge in [0.2, 0.25) is 17.7 Å². The van der Waals surface area contributed by atoms with E-state index in [1.807, 2.05) is 58.0 Å². The van der Waals surface area contributed by atoms with E-state index in [9.17, 15) is 18.8 Å². The topological polar surface area (TPSA) is 127 Å². The smallest absolute Gasteiger partial charge is 0.244 e. The number of aryl methyl sites for hydroxylation is 2. The van der Waals surface area contributed by atoms with Gasteiger partial charge in [-0.2, -0.15) is 0 Å². The van der Waals surface area contributed by atoms with E-state index in [0.29, 0.717) is 44.4 Å². The summed E-state index contributed by atoms with van der Waals surface area (Å²) < 4.78 is 22.1. The van der Waals surface area contributed by atoms with Gasteiger partial charge in [-0.1, -0.05) is 69.7 Å². The van der Waals surface area contributed by atoms with Crippen LogP contribution in [-0.2, 0) is 33.8 Å². The van der Waals surface area contributed by atoms with Gasteiger partial charge in [0.15, 0.2) is 0 Å². The Hall–Kier alpha value is -4.28. The van der Waals surface area contributed by atoms with Gasteiger partial charge >= 0.3 is 0 Å². The van der Waals surface area contributed by atoms with Crippen molar-refractivity contribution in [1.82, 2.24) is 30.9 Å². The standard InChI is InChI=1S/C35H47FN6O4/c1-6-28-23(4)21-46-31-15-8-7-12-26(31)13-10-16-37-34(44)30(20-42-24(5)19-38-41-42)39-35(45)32(22(2)3)40-33(43)29(28)18-25-11-9-14-27(36)17-25/h7-9,11-12,14-15,17,19,22-23,28-30,32H,6,10,13,16,18,20-21H2,1-5H3,(H,37,44)(H,39,45)(H,40,43)/t23-,28?,29-,30-,32+/m0/s1. The molecule has 46 heavy (non-hydrogen) atoms. The highest BCUT2D eigenvalue weighted by atomic mass is 19.1. The van der Waals surface area contributed by atoms with E-state index in [2.05, 4.69) is 33.2 Å². The van der Waals surface area contributed by atoms with Gasteiger partial charge in [0.1, 0.15) is 23.7 Å².